The van der Waals surface area contributed by atoms with Crippen molar-refractivity contribution >= 4 is 40.4 Å². The van der Waals surface area contributed by atoms with Gasteiger partial charge in [-0.1, -0.05) is 26.2 Å². The fourth-order valence-electron chi connectivity index (χ4n) is 1.48. The van der Waals surface area contributed by atoms with E-state index in [9.17, 15) is 0 Å². The van der Waals surface area contributed by atoms with E-state index in [0.29, 0.717) is 0 Å². The van der Waals surface area contributed by atoms with E-state index in [2.05, 4.69) is 36.2 Å². The molecule has 0 aliphatic carbocycles. The van der Waals surface area contributed by atoms with Crippen LogP contribution in [0.5, 0.6) is 0 Å². The van der Waals surface area contributed by atoms with E-state index in [0.717, 1.165) is 6.67 Å². The van der Waals surface area contributed by atoms with Gasteiger partial charge in [0.1, 0.15) is 0 Å². The summed E-state index contributed by atoms with van der Waals surface area (Å²) in [7, 11) is 19.3. The van der Waals surface area contributed by atoms with Gasteiger partial charge in [0.05, 0.1) is 6.67 Å². The molecular weight excluding hydrogens is 346 g/mol. The van der Waals surface area contributed by atoms with Gasteiger partial charge in [0.2, 0.25) is 0 Å². The SMILES string of the molecule is CCCCCCN1C=CN(C)C1.[Cl][Fe]([Cl])([Cl])[Cl]. The van der Waals surface area contributed by atoms with Crippen LogP contribution >= 0.6 is 40.4 Å². The summed E-state index contributed by atoms with van der Waals surface area (Å²) >= 11 is 0. The fraction of sp³-hybridized carbons (Fsp3) is 0.800. The van der Waals surface area contributed by atoms with Crippen LogP contribution < -0.4 is 0 Å². The van der Waals surface area contributed by atoms with Crippen molar-refractivity contribution in [2.24, 2.45) is 0 Å². The first-order chi connectivity index (χ1) is 7.83. The van der Waals surface area contributed by atoms with Gasteiger partial charge in [-0.25, -0.2) is 0 Å². The van der Waals surface area contributed by atoms with Crippen LogP contribution in [0, 0.1) is 0 Å². The van der Waals surface area contributed by atoms with E-state index < -0.39 is 9.20 Å². The van der Waals surface area contributed by atoms with Crippen LogP contribution in [0.2, 0.25) is 0 Å². The third kappa shape index (κ3) is 15.0. The molecule has 0 radical (unpaired) electrons. The first-order valence-corrected chi connectivity index (χ1v) is 11.6. The number of rotatable bonds is 5. The summed E-state index contributed by atoms with van der Waals surface area (Å²) in [6.45, 7) is 4.55. The molecular formula is C10H20Cl4FeN2. The normalized spacial score (nSPS) is 15.9. The summed E-state index contributed by atoms with van der Waals surface area (Å²) in [5.74, 6) is 0. The van der Waals surface area contributed by atoms with Crippen LogP contribution in [0.4, 0.5) is 0 Å². The molecule has 0 saturated carbocycles. The van der Waals surface area contributed by atoms with Crippen LogP contribution in [-0.4, -0.2) is 30.1 Å². The number of unbranched alkanes of at least 4 members (excludes halogenated alkanes) is 3. The van der Waals surface area contributed by atoms with Gasteiger partial charge in [-0.05, 0) is 6.42 Å². The molecule has 0 bridgehead atoms. The van der Waals surface area contributed by atoms with E-state index in [4.69, 9.17) is 40.4 Å². The topological polar surface area (TPSA) is 6.48 Å². The molecule has 17 heavy (non-hydrogen) atoms. The van der Waals surface area contributed by atoms with Crippen LogP contribution in [0.25, 0.3) is 0 Å². The predicted octanol–water partition coefficient (Wildman–Crippen LogP) is 5.00. The predicted molar refractivity (Wildman–Crippen MR) is 76.0 cm³/mol. The molecule has 0 aromatic heterocycles. The molecule has 106 valence electrons. The Bertz CT molecular complexity index is 215. The second-order valence-electron chi connectivity index (χ2n) is 3.87. The second-order valence-corrected chi connectivity index (χ2v) is 14.8. The molecule has 0 N–H and O–H groups in total. The average molecular weight is 366 g/mol. The monoisotopic (exact) mass is 364 g/mol. The number of hydrogen-bond acceptors (Lipinski definition) is 2. The van der Waals surface area contributed by atoms with E-state index in [-0.39, 0.29) is 0 Å². The standard InChI is InChI=1S/C10H20N2.4ClH.Fe/c1-3-4-5-6-7-12-9-8-11(2)10-12;;;;;/h8-9H,3-7,10H2,1-2H3;4*1H;/q;;;;;+4/p-4. The summed E-state index contributed by atoms with van der Waals surface area (Å²) in [5.41, 5.74) is 0. The maximum absolute atomic E-state index is 4.95. The zero-order valence-electron chi connectivity index (χ0n) is 10.2. The molecule has 0 saturated heterocycles. The van der Waals surface area contributed by atoms with Crippen molar-refractivity contribution in [2.45, 2.75) is 32.6 Å². The number of halogens is 4. The van der Waals surface area contributed by atoms with Crippen molar-refractivity contribution in [1.29, 1.82) is 0 Å². The average Bonchev–Trinajstić information content (AvgIpc) is 2.56. The third-order valence-electron chi connectivity index (χ3n) is 2.24. The van der Waals surface area contributed by atoms with E-state index in [1.807, 2.05) is 0 Å². The van der Waals surface area contributed by atoms with Crippen molar-refractivity contribution in [2.75, 3.05) is 20.3 Å². The van der Waals surface area contributed by atoms with Gasteiger partial charge in [0, 0.05) is 26.0 Å². The summed E-state index contributed by atoms with van der Waals surface area (Å²) in [6, 6.07) is 0. The van der Waals surface area contributed by atoms with Gasteiger partial charge in [0.15, 0.2) is 0 Å². The third-order valence-corrected chi connectivity index (χ3v) is 2.24. The Balaban J connectivity index is 0.000000437. The van der Waals surface area contributed by atoms with Gasteiger partial charge >= 0.3 is 49.6 Å². The van der Waals surface area contributed by atoms with Gasteiger partial charge < -0.3 is 9.80 Å². The van der Waals surface area contributed by atoms with E-state index in [1.165, 1.54) is 32.2 Å². The molecule has 0 atom stereocenters. The van der Waals surface area contributed by atoms with Gasteiger partial charge in [-0.3, -0.25) is 0 Å². The molecule has 0 fully saturated rings. The van der Waals surface area contributed by atoms with Gasteiger partial charge in [-0.15, -0.1) is 0 Å². The Morgan fingerprint density at radius 3 is 2.06 bits per heavy atom. The number of hydrogen-bond donors (Lipinski definition) is 0. The quantitative estimate of drug-likeness (QED) is 0.499. The molecule has 0 unspecified atom stereocenters. The molecule has 0 amide bonds. The Kier molecular flexibility index (Phi) is 10.5. The molecule has 1 aliphatic rings. The number of nitrogens with zero attached hydrogens (tertiary/aromatic N) is 2. The van der Waals surface area contributed by atoms with Gasteiger partial charge in [-0.2, -0.15) is 0 Å². The Labute approximate surface area is 124 Å². The zero-order chi connectivity index (χ0) is 13.3. The first kappa shape index (κ1) is 18.0. The maximum atomic E-state index is 4.95. The molecule has 1 rings (SSSR count). The zero-order valence-corrected chi connectivity index (χ0v) is 14.3. The van der Waals surface area contributed by atoms with Crippen LogP contribution in [0.3, 0.4) is 0 Å². The summed E-state index contributed by atoms with van der Waals surface area (Å²) in [6.07, 6.45) is 9.76. The second kappa shape index (κ2) is 9.89. The summed E-state index contributed by atoms with van der Waals surface area (Å²) < 4.78 is 0. The van der Waals surface area contributed by atoms with Crippen LogP contribution in [-0.2, 0) is 9.20 Å². The van der Waals surface area contributed by atoms with Crippen LogP contribution in [0.15, 0.2) is 12.4 Å². The first-order valence-electron chi connectivity index (χ1n) is 5.49. The van der Waals surface area contributed by atoms with Crippen LogP contribution in [0.1, 0.15) is 32.6 Å². The molecule has 1 heterocycles. The van der Waals surface area contributed by atoms with E-state index in [1.54, 1.807) is 0 Å². The minimum absolute atomic E-state index is 1.08. The molecule has 7 heteroatoms. The Morgan fingerprint density at radius 1 is 1.06 bits per heavy atom. The van der Waals surface area contributed by atoms with E-state index >= 15 is 0 Å². The molecule has 2 nitrogen and oxygen atoms in total. The summed E-state index contributed by atoms with van der Waals surface area (Å²) in [5, 5.41) is 0. The van der Waals surface area contributed by atoms with Crippen molar-refractivity contribution in [3.05, 3.63) is 12.4 Å². The fourth-order valence-corrected chi connectivity index (χ4v) is 1.48. The Morgan fingerprint density at radius 2 is 1.65 bits per heavy atom. The van der Waals surface area contributed by atoms with Crippen molar-refractivity contribution in [3.63, 3.8) is 0 Å². The Hall–Kier alpha value is 1.02. The minimum atomic E-state index is -2.61. The molecule has 1 aliphatic heterocycles. The summed E-state index contributed by atoms with van der Waals surface area (Å²) in [4.78, 5) is 4.58. The molecule has 0 aromatic rings. The van der Waals surface area contributed by atoms with Gasteiger partial charge in [0.25, 0.3) is 0 Å². The van der Waals surface area contributed by atoms with Crippen molar-refractivity contribution in [1.82, 2.24) is 9.80 Å². The molecule has 0 aromatic carbocycles. The molecule has 0 spiro atoms. The van der Waals surface area contributed by atoms with Crippen molar-refractivity contribution in [3.8, 4) is 0 Å². The van der Waals surface area contributed by atoms with Crippen molar-refractivity contribution < 1.29 is 9.20 Å².